The van der Waals surface area contributed by atoms with E-state index >= 15 is 0 Å². The Bertz CT molecular complexity index is 1040. The van der Waals surface area contributed by atoms with Gasteiger partial charge in [0.15, 0.2) is 0 Å². The van der Waals surface area contributed by atoms with E-state index in [4.69, 9.17) is 0 Å². The summed E-state index contributed by atoms with van der Waals surface area (Å²) in [5.74, 6) is -0.124. The predicted octanol–water partition coefficient (Wildman–Crippen LogP) is 4.90. The second-order valence-electron chi connectivity index (χ2n) is 8.35. The molecule has 2 fully saturated rings. The zero-order chi connectivity index (χ0) is 19.8. The summed E-state index contributed by atoms with van der Waals surface area (Å²) in [6, 6.07) is 22.0. The number of carbonyl (C=O) groups is 1. The highest BCUT2D eigenvalue weighted by molar-refractivity contribution is 5.98. The van der Waals surface area contributed by atoms with Crippen molar-refractivity contribution in [3.63, 3.8) is 0 Å². The van der Waals surface area contributed by atoms with E-state index in [0.717, 1.165) is 42.0 Å². The average molecular weight is 388 g/mol. The van der Waals surface area contributed by atoms with Crippen molar-refractivity contribution in [1.82, 2.24) is 10.2 Å². The second-order valence-corrected chi connectivity index (χ2v) is 8.35. The van der Waals surface area contributed by atoms with E-state index in [2.05, 4.69) is 16.3 Å². The predicted molar refractivity (Wildman–Crippen MR) is 113 cm³/mol. The molecule has 1 N–H and O–H groups in total. The minimum Gasteiger partial charge on any atom is -0.349 e. The van der Waals surface area contributed by atoms with Gasteiger partial charge in [0.2, 0.25) is 0 Å². The molecule has 5 rings (SSSR count). The molecule has 2 unspecified atom stereocenters. The summed E-state index contributed by atoms with van der Waals surface area (Å²) in [4.78, 5) is 15.3. The molecular formula is C25H25FN2O. The van der Waals surface area contributed by atoms with Crippen molar-refractivity contribution < 1.29 is 9.18 Å². The maximum absolute atomic E-state index is 14.1. The Kier molecular flexibility index (Phi) is 4.80. The lowest BCUT2D eigenvalue weighted by atomic mass is 9.96. The smallest absolute Gasteiger partial charge is 0.251 e. The Labute approximate surface area is 170 Å². The van der Waals surface area contributed by atoms with Gasteiger partial charge in [-0.25, -0.2) is 4.39 Å². The van der Waals surface area contributed by atoms with E-state index in [1.165, 1.54) is 6.07 Å². The Morgan fingerprint density at radius 3 is 2.38 bits per heavy atom. The van der Waals surface area contributed by atoms with Crippen LogP contribution in [0.5, 0.6) is 0 Å². The summed E-state index contributed by atoms with van der Waals surface area (Å²) in [5.41, 5.74) is 1.48. The van der Waals surface area contributed by atoms with Crippen molar-refractivity contribution in [2.75, 3.05) is 0 Å². The minimum absolute atomic E-state index is 0.00251. The molecule has 2 bridgehead atoms. The summed E-state index contributed by atoms with van der Waals surface area (Å²) < 4.78 is 14.1. The lowest BCUT2D eigenvalue weighted by Crippen LogP contribution is -2.50. The number of nitrogens with zero attached hydrogens (tertiary/aromatic N) is 1. The molecule has 3 aromatic rings. The topological polar surface area (TPSA) is 32.3 Å². The first-order valence-corrected chi connectivity index (χ1v) is 10.5. The first-order valence-electron chi connectivity index (χ1n) is 10.5. The quantitative estimate of drug-likeness (QED) is 0.689. The molecule has 2 saturated heterocycles. The zero-order valence-electron chi connectivity index (χ0n) is 16.4. The molecule has 1 amide bonds. The molecule has 3 aromatic carbocycles. The van der Waals surface area contributed by atoms with Gasteiger partial charge >= 0.3 is 0 Å². The number of amides is 1. The van der Waals surface area contributed by atoms with Crippen molar-refractivity contribution in [1.29, 1.82) is 0 Å². The number of nitrogens with one attached hydrogen (secondary N) is 1. The van der Waals surface area contributed by atoms with Gasteiger partial charge in [-0.3, -0.25) is 9.69 Å². The summed E-state index contributed by atoms with van der Waals surface area (Å²) in [7, 11) is 0. The van der Waals surface area contributed by atoms with E-state index in [-0.39, 0.29) is 17.8 Å². The SMILES string of the molecule is O=C(NC1CC2CCC(C1)N2Cc1ccccc1F)c1ccc2ccccc2c1. The first kappa shape index (κ1) is 18.3. The van der Waals surface area contributed by atoms with Crippen LogP contribution in [-0.2, 0) is 6.54 Å². The van der Waals surface area contributed by atoms with Crippen LogP contribution >= 0.6 is 0 Å². The Morgan fingerprint density at radius 1 is 0.931 bits per heavy atom. The molecule has 2 atom stereocenters. The van der Waals surface area contributed by atoms with E-state index in [9.17, 15) is 9.18 Å². The van der Waals surface area contributed by atoms with Crippen LogP contribution in [0, 0.1) is 5.82 Å². The maximum atomic E-state index is 14.1. The van der Waals surface area contributed by atoms with Gasteiger partial charge in [-0.2, -0.15) is 0 Å². The first-order chi connectivity index (χ1) is 14.2. The third-order valence-corrected chi connectivity index (χ3v) is 6.54. The molecule has 0 aromatic heterocycles. The highest BCUT2D eigenvalue weighted by atomic mass is 19.1. The molecular weight excluding hydrogens is 363 g/mol. The number of halogens is 1. The van der Waals surface area contributed by atoms with E-state index in [1.807, 2.05) is 48.5 Å². The molecule has 2 aliphatic rings. The van der Waals surface area contributed by atoms with Gasteiger partial charge in [0.05, 0.1) is 0 Å². The van der Waals surface area contributed by atoms with Gasteiger partial charge < -0.3 is 5.32 Å². The Balaban J connectivity index is 1.26. The fraction of sp³-hybridized carbons (Fsp3) is 0.320. The molecule has 3 nitrogen and oxygen atoms in total. The lowest BCUT2D eigenvalue weighted by Gasteiger charge is -2.39. The molecule has 0 radical (unpaired) electrons. The summed E-state index contributed by atoms with van der Waals surface area (Å²) in [6.07, 6.45) is 4.12. The molecule has 2 aliphatic heterocycles. The number of hydrogen-bond donors (Lipinski definition) is 1. The highest BCUT2D eigenvalue weighted by Crippen LogP contribution is 2.37. The van der Waals surface area contributed by atoms with Crippen molar-refractivity contribution in [2.24, 2.45) is 0 Å². The Morgan fingerprint density at radius 2 is 1.62 bits per heavy atom. The van der Waals surface area contributed by atoms with E-state index in [0.29, 0.717) is 24.2 Å². The molecule has 2 heterocycles. The van der Waals surface area contributed by atoms with Gasteiger partial charge in [-0.05, 0) is 54.7 Å². The van der Waals surface area contributed by atoms with Crippen molar-refractivity contribution >= 4 is 16.7 Å². The van der Waals surface area contributed by atoms with Crippen LogP contribution in [0.2, 0.25) is 0 Å². The van der Waals surface area contributed by atoms with E-state index < -0.39 is 0 Å². The monoisotopic (exact) mass is 388 g/mol. The number of benzene rings is 3. The largest absolute Gasteiger partial charge is 0.349 e. The fourth-order valence-corrected chi connectivity index (χ4v) is 5.07. The van der Waals surface area contributed by atoms with Crippen LogP contribution in [0.15, 0.2) is 66.7 Å². The fourth-order valence-electron chi connectivity index (χ4n) is 5.07. The normalized spacial score (nSPS) is 24.0. The molecule has 148 valence electrons. The highest BCUT2D eigenvalue weighted by Gasteiger charge is 2.41. The van der Waals surface area contributed by atoms with Gasteiger partial charge in [-0.1, -0.05) is 48.5 Å². The van der Waals surface area contributed by atoms with Gasteiger partial charge in [0.25, 0.3) is 5.91 Å². The number of hydrogen-bond acceptors (Lipinski definition) is 2. The second kappa shape index (κ2) is 7.60. The number of piperidine rings is 1. The summed E-state index contributed by atoms with van der Waals surface area (Å²) in [5, 5.41) is 5.48. The maximum Gasteiger partial charge on any atom is 0.251 e. The van der Waals surface area contributed by atoms with Crippen LogP contribution in [-0.4, -0.2) is 28.9 Å². The molecule has 29 heavy (non-hydrogen) atoms. The van der Waals surface area contributed by atoms with Gasteiger partial charge in [0.1, 0.15) is 5.82 Å². The third kappa shape index (κ3) is 3.65. The summed E-state index contributed by atoms with van der Waals surface area (Å²) in [6.45, 7) is 0.660. The van der Waals surface area contributed by atoms with Crippen LogP contribution in [0.1, 0.15) is 41.6 Å². The molecule has 4 heteroatoms. The zero-order valence-corrected chi connectivity index (χ0v) is 16.4. The van der Waals surface area contributed by atoms with Crippen molar-refractivity contribution in [3.05, 3.63) is 83.7 Å². The molecule has 0 spiro atoms. The van der Waals surface area contributed by atoms with Crippen LogP contribution < -0.4 is 5.32 Å². The van der Waals surface area contributed by atoms with Crippen LogP contribution in [0.4, 0.5) is 4.39 Å². The van der Waals surface area contributed by atoms with Crippen molar-refractivity contribution in [2.45, 2.75) is 50.4 Å². The van der Waals surface area contributed by atoms with Crippen LogP contribution in [0.25, 0.3) is 10.8 Å². The average Bonchev–Trinajstić information content (AvgIpc) is 2.97. The number of fused-ring (bicyclic) bond motifs is 3. The number of rotatable bonds is 4. The van der Waals surface area contributed by atoms with Crippen molar-refractivity contribution in [3.8, 4) is 0 Å². The molecule has 0 saturated carbocycles. The number of carbonyl (C=O) groups excluding carboxylic acids is 1. The van der Waals surface area contributed by atoms with E-state index in [1.54, 1.807) is 6.07 Å². The van der Waals surface area contributed by atoms with Gasteiger partial charge in [-0.15, -0.1) is 0 Å². The van der Waals surface area contributed by atoms with Crippen LogP contribution in [0.3, 0.4) is 0 Å². The lowest BCUT2D eigenvalue weighted by molar-refractivity contribution is 0.0825. The van der Waals surface area contributed by atoms with Gasteiger partial charge in [0, 0.05) is 35.8 Å². The molecule has 0 aliphatic carbocycles. The summed E-state index contributed by atoms with van der Waals surface area (Å²) >= 11 is 0. The Hall–Kier alpha value is -2.72. The third-order valence-electron chi connectivity index (χ3n) is 6.54. The minimum atomic E-state index is -0.126. The standard InChI is InChI=1S/C25H25FN2O/c26-24-8-4-3-7-20(24)16-28-22-11-12-23(28)15-21(14-22)27-25(29)19-10-9-17-5-1-2-6-18(17)13-19/h1-10,13,21-23H,11-12,14-16H2,(H,27,29).